The molecule has 1 aromatic carbocycles. The zero-order chi connectivity index (χ0) is 15.5. The predicted molar refractivity (Wildman–Crippen MR) is 82.2 cm³/mol. The molecule has 0 radical (unpaired) electrons. The van der Waals surface area contributed by atoms with Gasteiger partial charge in [0, 0.05) is 12.6 Å². The lowest BCUT2D eigenvalue weighted by Gasteiger charge is -2.16. The van der Waals surface area contributed by atoms with E-state index in [1.165, 1.54) is 5.56 Å². The van der Waals surface area contributed by atoms with Crippen molar-refractivity contribution in [1.82, 2.24) is 10.6 Å². The Hall–Kier alpha value is -2.04. The van der Waals surface area contributed by atoms with Gasteiger partial charge in [0.15, 0.2) is 0 Å². The Bertz CT molecular complexity index is 434. The van der Waals surface area contributed by atoms with Gasteiger partial charge in [-0.15, -0.1) is 0 Å². The van der Waals surface area contributed by atoms with Crippen LogP contribution in [0.25, 0.3) is 0 Å². The number of benzene rings is 1. The number of carboxylic acid groups (broad SMARTS) is 1. The molecule has 0 aliphatic rings. The van der Waals surface area contributed by atoms with E-state index in [9.17, 15) is 9.59 Å². The standard InChI is InChI=1S/C16H24N2O3/c1-2-7-14(12-15(19)20)18-16(21)17-11-6-10-13-8-4-3-5-9-13/h3-5,8-9,14H,2,6-7,10-12H2,1H3,(H,19,20)(H2,17,18,21). The molecule has 0 fully saturated rings. The summed E-state index contributed by atoms with van der Waals surface area (Å²) in [5, 5.41) is 14.3. The first-order valence-corrected chi connectivity index (χ1v) is 7.42. The van der Waals surface area contributed by atoms with Gasteiger partial charge in [-0.3, -0.25) is 4.79 Å². The summed E-state index contributed by atoms with van der Waals surface area (Å²) in [7, 11) is 0. The normalized spacial score (nSPS) is 11.7. The second-order valence-electron chi connectivity index (χ2n) is 5.07. The molecule has 1 aromatic rings. The zero-order valence-electron chi connectivity index (χ0n) is 12.5. The monoisotopic (exact) mass is 292 g/mol. The van der Waals surface area contributed by atoms with Crippen LogP contribution in [0.4, 0.5) is 4.79 Å². The second kappa shape index (κ2) is 9.80. The highest BCUT2D eigenvalue weighted by atomic mass is 16.4. The van der Waals surface area contributed by atoms with Crippen molar-refractivity contribution in [3.8, 4) is 0 Å². The number of carbonyl (C=O) groups is 2. The number of carbonyl (C=O) groups excluding carboxylic acids is 1. The summed E-state index contributed by atoms with van der Waals surface area (Å²) in [6.45, 7) is 2.54. The molecule has 116 valence electrons. The Morgan fingerprint density at radius 1 is 1.24 bits per heavy atom. The second-order valence-corrected chi connectivity index (χ2v) is 5.07. The molecule has 5 nitrogen and oxygen atoms in total. The van der Waals surface area contributed by atoms with Crippen LogP contribution in [0.5, 0.6) is 0 Å². The minimum atomic E-state index is -0.891. The maximum absolute atomic E-state index is 11.7. The van der Waals surface area contributed by atoms with Crippen LogP contribution < -0.4 is 10.6 Å². The highest BCUT2D eigenvalue weighted by Crippen LogP contribution is 2.03. The van der Waals surface area contributed by atoms with Crippen molar-refractivity contribution in [1.29, 1.82) is 0 Å². The van der Waals surface area contributed by atoms with Gasteiger partial charge in [0.05, 0.1) is 6.42 Å². The number of hydrogen-bond acceptors (Lipinski definition) is 2. The van der Waals surface area contributed by atoms with Crippen LogP contribution >= 0.6 is 0 Å². The van der Waals surface area contributed by atoms with Gasteiger partial charge >= 0.3 is 12.0 Å². The number of hydrogen-bond donors (Lipinski definition) is 3. The highest BCUT2D eigenvalue weighted by Gasteiger charge is 2.14. The van der Waals surface area contributed by atoms with E-state index in [4.69, 9.17) is 5.11 Å². The molecule has 2 amide bonds. The van der Waals surface area contributed by atoms with Gasteiger partial charge < -0.3 is 15.7 Å². The smallest absolute Gasteiger partial charge is 0.315 e. The summed E-state index contributed by atoms with van der Waals surface area (Å²) in [4.78, 5) is 22.4. The molecule has 3 N–H and O–H groups in total. The number of carboxylic acids is 1. The Kier molecular flexibility index (Phi) is 7.94. The maximum Gasteiger partial charge on any atom is 0.315 e. The van der Waals surface area contributed by atoms with Gasteiger partial charge in [-0.25, -0.2) is 4.79 Å². The minimum absolute atomic E-state index is 0.0364. The van der Waals surface area contributed by atoms with Gasteiger partial charge in [-0.2, -0.15) is 0 Å². The summed E-state index contributed by atoms with van der Waals surface area (Å²) in [6, 6.07) is 9.50. The molecule has 0 heterocycles. The molecule has 0 aromatic heterocycles. The fourth-order valence-corrected chi connectivity index (χ4v) is 2.16. The van der Waals surface area contributed by atoms with Gasteiger partial charge in [0.2, 0.25) is 0 Å². The lowest BCUT2D eigenvalue weighted by Crippen LogP contribution is -2.43. The van der Waals surface area contributed by atoms with E-state index in [-0.39, 0.29) is 18.5 Å². The highest BCUT2D eigenvalue weighted by molar-refractivity contribution is 5.75. The Labute approximate surface area is 125 Å². The molecule has 0 aliphatic heterocycles. The molecule has 0 spiro atoms. The molecule has 5 heteroatoms. The van der Waals surface area contributed by atoms with Crippen molar-refractivity contribution < 1.29 is 14.7 Å². The van der Waals surface area contributed by atoms with Crippen molar-refractivity contribution in [3.63, 3.8) is 0 Å². The molecule has 1 rings (SSSR count). The number of urea groups is 1. The first-order valence-electron chi connectivity index (χ1n) is 7.42. The third-order valence-electron chi connectivity index (χ3n) is 3.16. The number of aryl methyl sites for hydroxylation is 1. The third-order valence-corrected chi connectivity index (χ3v) is 3.16. The zero-order valence-corrected chi connectivity index (χ0v) is 12.5. The molecule has 0 bridgehead atoms. The van der Waals surface area contributed by atoms with Crippen LogP contribution in [0, 0.1) is 0 Å². The van der Waals surface area contributed by atoms with Crippen molar-refractivity contribution in [3.05, 3.63) is 35.9 Å². The third kappa shape index (κ3) is 7.97. The van der Waals surface area contributed by atoms with Gasteiger partial charge in [-0.1, -0.05) is 43.7 Å². The number of aliphatic carboxylic acids is 1. The van der Waals surface area contributed by atoms with Gasteiger partial charge in [0.25, 0.3) is 0 Å². The van der Waals surface area contributed by atoms with Crippen LogP contribution in [0.15, 0.2) is 30.3 Å². The maximum atomic E-state index is 11.7. The van der Waals surface area contributed by atoms with Crippen LogP contribution in [-0.4, -0.2) is 29.7 Å². The lowest BCUT2D eigenvalue weighted by atomic mass is 10.1. The van der Waals surface area contributed by atoms with Crippen LogP contribution in [-0.2, 0) is 11.2 Å². The summed E-state index contributed by atoms with van der Waals surface area (Å²) < 4.78 is 0. The average Bonchev–Trinajstić information content (AvgIpc) is 2.44. The van der Waals surface area contributed by atoms with E-state index in [2.05, 4.69) is 22.8 Å². The Morgan fingerprint density at radius 2 is 1.95 bits per heavy atom. The fourth-order valence-electron chi connectivity index (χ4n) is 2.16. The molecule has 1 unspecified atom stereocenters. The van der Waals surface area contributed by atoms with Crippen LogP contribution in [0.3, 0.4) is 0 Å². The van der Waals surface area contributed by atoms with E-state index in [1.807, 2.05) is 25.1 Å². The summed E-state index contributed by atoms with van der Waals surface area (Å²) in [5.74, 6) is -0.891. The lowest BCUT2D eigenvalue weighted by molar-refractivity contribution is -0.137. The first kappa shape index (κ1) is 17.0. The first-order chi connectivity index (χ1) is 10.1. The Morgan fingerprint density at radius 3 is 2.57 bits per heavy atom. The SMILES string of the molecule is CCCC(CC(=O)O)NC(=O)NCCCc1ccccc1. The predicted octanol–water partition coefficient (Wildman–Crippen LogP) is 2.56. The van der Waals surface area contributed by atoms with Crippen molar-refractivity contribution in [2.24, 2.45) is 0 Å². The molecule has 1 atom stereocenters. The topological polar surface area (TPSA) is 78.4 Å². The molecular formula is C16H24N2O3. The number of nitrogens with one attached hydrogen (secondary N) is 2. The number of rotatable bonds is 9. The summed E-state index contributed by atoms with van der Waals surface area (Å²) in [6.07, 6.45) is 3.24. The molecule has 21 heavy (non-hydrogen) atoms. The van der Waals surface area contributed by atoms with E-state index in [0.29, 0.717) is 13.0 Å². The molecule has 0 saturated carbocycles. The van der Waals surface area contributed by atoms with Crippen LogP contribution in [0.1, 0.15) is 38.2 Å². The summed E-state index contributed by atoms with van der Waals surface area (Å²) >= 11 is 0. The fraction of sp³-hybridized carbons (Fsp3) is 0.500. The number of amides is 2. The van der Waals surface area contributed by atoms with Crippen molar-refractivity contribution in [2.75, 3.05) is 6.54 Å². The van der Waals surface area contributed by atoms with Gasteiger partial charge in [0.1, 0.15) is 0 Å². The molecular weight excluding hydrogens is 268 g/mol. The summed E-state index contributed by atoms with van der Waals surface area (Å²) in [5.41, 5.74) is 1.24. The minimum Gasteiger partial charge on any atom is -0.481 e. The molecule has 0 aliphatic carbocycles. The average molecular weight is 292 g/mol. The Balaban J connectivity index is 2.21. The molecule has 0 saturated heterocycles. The van der Waals surface area contributed by atoms with E-state index < -0.39 is 5.97 Å². The van der Waals surface area contributed by atoms with Crippen LogP contribution in [0.2, 0.25) is 0 Å². The van der Waals surface area contributed by atoms with E-state index in [1.54, 1.807) is 0 Å². The van der Waals surface area contributed by atoms with E-state index >= 15 is 0 Å². The van der Waals surface area contributed by atoms with Gasteiger partial charge in [-0.05, 0) is 24.8 Å². The van der Waals surface area contributed by atoms with Crippen molar-refractivity contribution >= 4 is 12.0 Å². The van der Waals surface area contributed by atoms with E-state index in [0.717, 1.165) is 19.3 Å². The quantitative estimate of drug-likeness (QED) is 0.612. The van der Waals surface area contributed by atoms with Crippen molar-refractivity contribution in [2.45, 2.75) is 45.1 Å². The largest absolute Gasteiger partial charge is 0.481 e.